The molecule has 0 heterocycles. The van der Waals surface area contributed by atoms with Crippen molar-refractivity contribution < 1.29 is 14.3 Å². The third-order valence-electron chi connectivity index (χ3n) is 2.59. The molecule has 0 aliphatic heterocycles. The molecular formula is C15H19NO3. The van der Waals surface area contributed by atoms with Gasteiger partial charge in [0, 0.05) is 6.42 Å². The standard InChI is InChI=1S/C15H19NO3/c1-3-12(2)9-14(17)10-16-15(18)19-11-13-7-5-4-6-8-13/h4-8H,2-3,9-11H2,1H3,(H,16,18). The fourth-order valence-corrected chi connectivity index (χ4v) is 1.41. The van der Waals surface area contributed by atoms with Gasteiger partial charge in [-0.3, -0.25) is 4.79 Å². The quantitative estimate of drug-likeness (QED) is 0.768. The van der Waals surface area contributed by atoms with E-state index in [4.69, 9.17) is 4.74 Å². The molecule has 0 bridgehead atoms. The van der Waals surface area contributed by atoms with Crippen molar-refractivity contribution >= 4 is 11.9 Å². The highest BCUT2D eigenvalue weighted by Gasteiger charge is 2.07. The Morgan fingerprint density at radius 3 is 2.58 bits per heavy atom. The predicted molar refractivity (Wildman–Crippen MR) is 73.7 cm³/mol. The van der Waals surface area contributed by atoms with E-state index in [1.807, 2.05) is 37.3 Å². The number of hydrogen-bond donors (Lipinski definition) is 1. The Balaban J connectivity index is 2.21. The van der Waals surface area contributed by atoms with Gasteiger partial charge in [0.1, 0.15) is 6.61 Å². The minimum atomic E-state index is -0.584. The fraction of sp³-hybridized carbons (Fsp3) is 0.333. The van der Waals surface area contributed by atoms with Crippen molar-refractivity contribution in [3.05, 3.63) is 48.0 Å². The van der Waals surface area contributed by atoms with Crippen molar-refractivity contribution in [2.24, 2.45) is 0 Å². The topological polar surface area (TPSA) is 55.4 Å². The molecule has 1 N–H and O–H groups in total. The molecule has 19 heavy (non-hydrogen) atoms. The van der Waals surface area contributed by atoms with Gasteiger partial charge < -0.3 is 10.1 Å². The smallest absolute Gasteiger partial charge is 0.407 e. The molecular weight excluding hydrogens is 242 g/mol. The summed E-state index contributed by atoms with van der Waals surface area (Å²) in [5, 5.41) is 2.43. The maximum Gasteiger partial charge on any atom is 0.407 e. The maximum absolute atomic E-state index is 11.5. The molecule has 1 aromatic carbocycles. The lowest BCUT2D eigenvalue weighted by molar-refractivity contribution is -0.117. The van der Waals surface area contributed by atoms with E-state index < -0.39 is 6.09 Å². The number of ketones is 1. The van der Waals surface area contributed by atoms with E-state index >= 15 is 0 Å². The van der Waals surface area contributed by atoms with Gasteiger partial charge in [0.15, 0.2) is 5.78 Å². The van der Waals surface area contributed by atoms with Gasteiger partial charge in [0.05, 0.1) is 6.54 Å². The van der Waals surface area contributed by atoms with Gasteiger partial charge in [-0.15, -0.1) is 0 Å². The highest BCUT2D eigenvalue weighted by Crippen LogP contribution is 2.03. The van der Waals surface area contributed by atoms with Crippen molar-refractivity contribution in [1.82, 2.24) is 5.32 Å². The number of carbonyl (C=O) groups excluding carboxylic acids is 2. The summed E-state index contributed by atoms with van der Waals surface area (Å²) in [4.78, 5) is 22.8. The molecule has 0 saturated heterocycles. The molecule has 1 aromatic rings. The summed E-state index contributed by atoms with van der Waals surface area (Å²) < 4.78 is 4.99. The minimum Gasteiger partial charge on any atom is -0.445 e. The third-order valence-corrected chi connectivity index (χ3v) is 2.59. The summed E-state index contributed by atoms with van der Waals surface area (Å²) in [5.74, 6) is -0.0662. The molecule has 0 atom stereocenters. The first kappa shape index (κ1) is 15.0. The van der Waals surface area contributed by atoms with Crippen LogP contribution in [-0.4, -0.2) is 18.4 Å². The van der Waals surface area contributed by atoms with Crippen LogP contribution in [-0.2, 0) is 16.1 Å². The second-order valence-electron chi connectivity index (χ2n) is 4.23. The summed E-state index contributed by atoms with van der Waals surface area (Å²) >= 11 is 0. The molecule has 1 rings (SSSR count). The molecule has 0 radical (unpaired) electrons. The van der Waals surface area contributed by atoms with Crippen LogP contribution in [0.4, 0.5) is 4.79 Å². The predicted octanol–water partition coefficient (Wildman–Crippen LogP) is 2.84. The van der Waals surface area contributed by atoms with Gasteiger partial charge in [-0.25, -0.2) is 4.79 Å². The zero-order valence-corrected chi connectivity index (χ0v) is 11.1. The average molecular weight is 261 g/mol. The second kappa shape index (κ2) is 8.08. The van der Waals surface area contributed by atoms with Gasteiger partial charge in [0.25, 0.3) is 0 Å². The number of Topliss-reactive ketones (excluding diaryl/α,β-unsaturated/α-hetero) is 1. The van der Waals surface area contributed by atoms with Gasteiger partial charge in [0.2, 0.25) is 0 Å². The number of ether oxygens (including phenoxy) is 1. The average Bonchev–Trinajstić information content (AvgIpc) is 2.43. The van der Waals surface area contributed by atoms with Crippen LogP contribution in [0.5, 0.6) is 0 Å². The SMILES string of the molecule is C=C(CC)CC(=O)CNC(=O)OCc1ccccc1. The Kier molecular flexibility index (Phi) is 6.36. The van der Waals surface area contributed by atoms with Crippen molar-refractivity contribution in [1.29, 1.82) is 0 Å². The first-order valence-corrected chi connectivity index (χ1v) is 6.24. The Labute approximate surface area is 113 Å². The lowest BCUT2D eigenvalue weighted by Crippen LogP contribution is -2.30. The molecule has 0 aliphatic rings. The molecule has 0 spiro atoms. The van der Waals surface area contributed by atoms with Crippen molar-refractivity contribution in [2.75, 3.05) is 6.54 Å². The number of hydrogen-bond acceptors (Lipinski definition) is 3. The van der Waals surface area contributed by atoms with Gasteiger partial charge in [-0.2, -0.15) is 0 Å². The van der Waals surface area contributed by atoms with Crippen LogP contribution >= 0.6 is 0 Å². The van der Waals surface area contributed by atoms with E-state index in [0.717, 1.165) is 17.6 Å². The number of amides is 1. The maximum atomic E-state index is 11.5. The van der Waals surface area contributed by atoms with Crippen LogP contribution in [0, 0.1) is 0 Å². The lowest BCUT2D eigenvalue weighted by atomic mass is 10.1. The number of alkyl carbamates (subject to hydrolysis) is 1. The number of rotatable bonds is 7. The third kappa shape index (κ3) is 6.41. The molecule has 4 nitrogen and oxygen atoms in total. The Bertz CT molecular complexity index is 440. The molecule has 0 aromatic heterocycles. The van der Waals surface area contributed by atoms with E-state index in [0.29, 0.717) is 6.42 Å². The summed E-state index contributed by atoms with van der Waals surface area (Å²) in [7, 11) is 0. The zero-order chi connectivity index (χ0) is 14.1. The van der Waals surface area contributed by atoms with E-state index in [9.17, 15) is 9.59 Å². The molecule has 0 saturated carbocycles. The highest BCUT2D eigenvalue weighted by atomic mass is 16.5. The van der Waals surface area contributed by atoms with E-state index in [-0.39, 0.29) is 18.9 Å². The van der Waals surface area contributed by atoms with Gasteiger partial charge in [-0.05, 0) is 12.0 Å². The molecule has 0 aliphatic carbocycles. The monoisotopic (exact) mass is 261 g/mol. The number of nitrogens with one attached hydrogen (secondary N) is 1. The highest BCUT2D eigenvalue weighted by molar-refractivity contribution is 5.85. The minimum absolute atomic E-state index is 0.0212. The zero-order valence-electron chi connectivity index (χ0n) is 11.1. The van der Waals surface area contributed by atoms with Crippen LogP contribution in [0.2, 0.25) is 0 Å². The van der Waals surface area contributed by atoms with E-state index in [1.165, 1.54) is 0 Å². The molecule has 4 heteroatoms. The van der Waals surface area contributed by atoms with Crippen LogP contribution < -0.4 is 5.32 Å². The molecule has 102 valence electrons. The number of benzene rings is 1. The van der Waals surface area contributed by atoms with Crippen LogP contribution in [0.1, 0.15) is 25.3 Å². The lowest BCUT2D eigenvalue weighted by Gasteiger charge is -2.07. The second-order valence-corrected chi connectivity index (χ2v) is 4.23. The van der Waals surface area contributed by atoms with Gasteiger partial charge >= 0.3 is 6.09 Å². The van der Waals surface area contributed by atoms with E-state index in [1.54, 1.807) is 0 Å². The summed E-state index contributed by atoms with van der Waals surface area (Å²) in [6.07, 6.45) is 0.485. The Morgan fingerprint density at radius 2 is 1.95 bits per heavy atom. The molecule has 0 fully saturated rings. The van der Waals surface area contributed by atoms with E-state index in [2.05, 4.69) is 11.9 Å². The first-order valence-electron chi connectivity index (χ1n) is 6.24. The number of carbonyl (C=O) groups is 2. The fourth-order valence-electron chi connectivity index (χ4n) is 1.41. The summed E-state index contributed by atoms with van der Waals surface area (Å²) in [6, 6.07) is 9.36. The number of allylic oxidation sites excluding steroid dienone is 1. The van der Waals surface area contributed by atoms with Crippen molar-refractivity contribution in [2.45, 2.75) is 26.4 Å². The normalized spacial score (nSPS) is 9.74. The molecule has 1 amide bonds. The summed E-state index contributed by atoms with van der Waals surface area (Å²) in [5.41, 5.74) is 1.77. The Morgan fingerprint density at radius 1 is 1.26 bits per heavy atom. The van der Waals surface area contributed by atoms with Crippen LogP contribution in [0.15, 0.2) is 42.5 Å². The largest absolute Gasteiger partial charge is 0.445 e. The van der Waals surface area contributed by atoms with Crippen molar-refractivity contribution in [3.8, 4) is 0 Å². The van der Waals surface area contributed by atoms with Gasteiger partial charge in [-0.1, -0.05) is 49.4 Å². The van der Waals surface area contributed by atoms with Crippen LogP contribution in [0.25, 0.3) is 0 Å². The first-order chi connectivity index (χ1) is 9.11. The van der Waals surface area contributed by atoms with Crippen LogP contribution in [0.3, 0.4) is 0 Å². The molecule has 0 unspecified atom stereocenters. The Hall–Kier alpha value is -2.10. The van der Waals surface area contributed by atoms with Crippen molar-refractivity contribution in [3.63, 3.8) is 0 Å². The summed E-state index contributed by atoms with van der Waals surface area (Å²) in [6.45, 7) is 5.87.